The fourth-order valence-corrected chi connectivity index (χ4v) is 5.20. The van der Waals surface area contributed by atoms with E-state index in [1.807, 2.05) is 12.1 Å². The van der Waals surface area contributed by atoms with Gasteiger partial charge in [0.1, 0.15) is 0 Å². The quantitative estimate of drug-likeness (QED) is 0.232. The van der Waals surface area contributed by atoms with Gasteiger partial charge in [0.15, 0.2) is 11.6 Å². The van der Waals surface area contributed by atoms with Crippen LogP contribution in [0.2, 0.25) is 0 Å². The van der Waals surface area contributed by atoms with Crippen LogP contribution in [0.4, 0.5) is 27.3 Å². The smallest absolute Gasteiger partial charge is 0.293 e. The molecular weight excluding hydrogens is 559 g/mol. The summed E-state index contributed by atoms with van der Waals surface area (Å²) in [6.07, 6.45) is 4.48. The molecule has 1 saturated heterocycles. The van der Waals surface area contributed by atoms with E-state index >= 15 is 4.39 Å². The number of aryl methyl sites for hydroxylation is 1. The molecule has 1 aromatic heterocycles. The molecule has 0 aliphatic carbocycles. The van der Waals surface area contributed by atoms with Crippen molar-refractivity contribution in [1.29, 1.82) is 0 Å². The number of nitrogen functional groups attached to an aromatic ring is 1. The lowest BCUT2D eigenvalue weighted by Gasteiger charge is -2.27. The molecule has 4 N–H and O–H groups in total. The van der Waals surface area contributed by atoms with Gasteiger partial charge in [0.05, 0.1) is 16.9 Å². The number of aromatic nitrogens is 2. The van der Waals surface area contributed by atoms with Crippen molar-refractivity contribution in [3.8, 4) is 11.3 Å². The average Bonchev–Trinajstić information content (AvgIpc) is 3.00. The Labute approximate surface area is 255 Å². The zero-order valence-electron chi connectivity index (χ0n) is 25.4. The molecule has 10 heteroatoms. The molecule has 0 spiro atoms. The Kier molecular flexibility index (Phi) is 8.53. The highest BCUT2D eigenvalue weighted by atomic mass is 19.1. The monoisotopic (exact) mass is 596 g/mol. The van der Waals surface area contributed by atoms with Gasteiger partial charge >= 0.3 is 0 Å². The number of anilines is 4. The molecule has 1 aliphatic heterocycles. The fraction of sp³-hybridized carbons (Fsp3) is 0.294. The van der Waals surface area contributed by atoms with Gasteiger partial charge in [-0.05, 0) is 72.7 Å². The van der Waals surface area contributed by atoms with Gasteiger partial charge in [-0.25, -0.2) is 9.37 Å². The minimum absolute atomic E-state index is 0.0145. The van der Waals surface area contributed by atoms with Crippen molar-refractivity contribution >= 4 is 34.7 Å². The molecule has 44 heavy (non-hydrogen) atoms. The van der Waals surface area contributed by atoms with E-state index in [-0.39, 0.29) is 39.8 Å². The van der Waals surface area contributed by atoms with Crippen molar-refractivity contribution in [1.82, 2.24) is 14.5 Å². The zero-order chi connectivity index (χ0) is 31.6. The summed E-state index contributed by atoms with van der Waals surface area (Å²) in [6.45, 7) is 7.67. The van der Waals surface area contributed by atoms with Crippen molar-refractivity contribution in [2.45, 2.75) is 45.4 Å². The predicted molar refractivity (Wildman–Crippen MR) is 172 cm³/mol. The second-order valence-electron chi connectivity index (χ2n) is 12.1. The van der Waals surface area contributed by atoms with Gasteiger partial charge in [-0.15, -0.1) is 0 Å². The highest BCUT2D eigenvalue weighted by molar-refractivity contribution is 6.04. The van der Waals surface area contributed by atoms with E-state index < -0.39 is 17.3 Å². The zero-order valence-corrected chi connectivity index (χ0v) is 25.4. The molecule has 1 fully saturated rings. The molecule has 2 heterocycles. The molecule has 4 aromatic rings. The van der Waals surface area contributed by atoms with Crippen molar-refractivity contribution in [3.05, 3.63) is 99.7 Å². The van der Waals surface area contributed by atoms with Crippen LogP contribution >= 0.6 is 0 Å². The van der Waals surface area contributed by atoms with Crippen LogP contribution in [0.5, 0.6) is 0 Å². The van der Waals surface area contributed by atoms with E-state index in [9.17, 15) is 14.4 Å². The van der Waals surface area contributed by atoms with Crippen LogP contribution < -0.4 is 21.9 Å². The first kappa shape index (κ1) is 30.5. The average molecular weight is 597 g/mol. The van der Waals surface area contributed by atoms with Crippen molar-refractivity contribution in [2.75, 3.05) is 29.5 Å². The summed E-state index contributed by atoms with van der Waals surface area (Å²) < 4.78 is 17.1. The van der Waals surface area contributed by atoms with Gasteiger partial charge in [0, 0.05) is 48.8 Å². The summed E-state index contributed by atoms with van der Waals surface area (Å²) in [7, 11) is 1.54. The lowest BCUT2D eigenvalue weighted by Crippen LogP contribution is -2.35. The maximum atomic E-state index is 15.8. The van der Waals surface area contributed by atoms with Crippen molar-refractivity contribution in [3.63, 3.8) is 0 Å². The SMILES string of the molecule is Cn1cc(-c2cccc(NC(=O)c3ccc(C(C)(C)C)cc3)c2F)nc(Nc2ccc(C(=O)N3CCCCC3)c(N)c2)c1=O. The summed E-state index contributed by atoms with van der Waals surface area (Å²) in [4.78, 5) is 45.1. The molecule has 0 radical (unpaired) electrons. The topological polar surface area (TPSA) is 122 Å². The van der Waals surface area contributed by atoms with E-state index in [2.05, 4.69) is 36.4 Å². The standard InChI is InChI=1S/C34H37FN6O3/c1-34(2,3)22-13-11-21(12-14-22)31(42)39-27-10-8-9-25(29(27)35)28-20-40(4)33(44)30(38-28)37-23-15-16-24(26(36)19-23)32(43)41-17-6-5-7-18-41/h8-16,19-20H,5-7,17-18,36H2,1-4H3,(H,37,38)(H,39,42). The Hall–Kier alpha value is -4.99. The van der Waals surface area contributed by atoms with Gasteiger partial charge in [-0.1, -0.05) is 39.0 Å². The van der Waals surface area contributed by atoms with Crippen LogP contribution in [0.1, 0.15) is 66.3 Å². The van der Waals surface area contributed by atoms with E-state index in [0.717, 1.165) is 24.8 Å². The molecular formula is C34H37FN6O3. The lowest BCUT2D eigenvalue weighted by atomic mass is 9.87. The van der Waals surface area contributed by atoms with Gasteiger partial charge in [0.25, 0.3) is 17.4 Å². The maximum Gasteiger partial charge on any atom is 0.293 e. The molecule has 3 aromatic carbocycles. The van der Waals surface area contributed by atoms with Gasteiger partial charge in [-0.3, -0.25) is 14.4 Å². The summed E-state index contributed by atoms with van der Waals surface area (Å²) in [6, 6.07) is 16.7. The highest BCUT2D eigenvalue weighted by Crippen LogP contribution is 2.29. The Balaban J connectivity index is 1.38. The van der Waals surface area contributed by atoms with Crippen molar-refractivity contribution < 1.29 is 14.0 Å². The molecule has 5 rings (SSSR count). The number of rotatable bonds is 6. The molecule has 0 saturated carbocycles. The Morgan fingerprint density at radius 1 is 0.977 bits per heavy atom. The lowest BCUT2D eigenvalue weighted by molar-refractivity contribution is 0.0725. The van der Waals surface area contributed by atoms with E-state index in [4.69, 9.17) is 5.73 Å². The summed E-state index contributed by atoms with van der Waals surface area (Å²) >= 11 is 0. The second-order valence-corrected chi connectivity index (χ2v) is 12.1. The third-order valence-corrected chi connectivity index (χ3v) is 7.80. The summed E-state index contributed by atoms with van der Waals surface area (Å²) in [5.41, 5.74) is 8.63. The third-order valence-electron chi connectivity index (χ3n) is 7.80. The number of nitrogens with zero attached hydrogens (tertiary/aromatic N) is 3. The maximum absolute atomic E-state index is 15.8. The Bertz CT molecular complexity index is 1770. The molecule has 0 atom stereocenters. The fourth-order valence-electron chi connectivity index (χ4n) is 5.20. The number of nitrogens with two attached hydrogens (primary N) is 1. The Morgan fingerprint density at radius 2 is 1.68 bits per heavy atom. The first-order valence-corrected chi connectivity index (χ1v) is 14.7. The number of carbonyl (C=O) groups is 2. The third kappa shape index (κ3) is 6.49. The highest BCUT2D eigenvalue weighted by Gasteiger charge is 2.21. The van der Waals surface area contributed by atoms with Crippen LogP contribution in [0, 0.1) is 5.82 Å². The van der Waals surface area contributed by atoms with E-state index in [1.165, 1.54) is 29.9 Å². The number of hydrogen-bond acceptors (Lipinski definition) is 6. The number of hydrogen-bond donors (Lipinski definition) is 3. The molecule has 0 unspecified atom stereocenters. The van der Waals surface area contributed by atoms with E-state index in [0.29, 0.717) is 29.9 Å². The number of likely N-dealkylation sites (tertiary alicyclic amines) is 1. The number of halogens is 1. The van der Waals surface area contributed by atoms with Crippen LogP contribution in [0.25, 0.3) is 11.3 Å². The largest absolute Gasteiger partial charge is 0.398 e. The normalized spacial score (nSPS) is 13.4. The second kappa shape index (κ2) is 12.3. The van der Waals surface area contributed by atoms with Gasteiger partial charge < -0.3 is 25.8 Å². The minimum Gasteiger partial charge on any atom is -0.398 e. The van der Waals surface area contributed by atoms with E-state index in [1.54, 1.807) is 41.3 Å². The van der Waals surface area contributed by atoms with Crippen molar-refractivity contribution in [2.24, 2.45) is 7.05 Å². The summed E-state index contributed by atoms with van der Waals surface area (Å²) in [5, 5.41) is 5.62. The number of nitrogens with one attached hydrogen (secondary N) is 2. The number of benzene rings is 3. The van der Waals surface area contributed by atoms with Gasteiger partial charge in [-0.2, -0.15) is 0 Å². The molecule has 228 valence electrons. The first-order valence-electron chi connectivity index (χ1n) is 14.7. The number of carbonyl (C=O) groups excluding carboxylic acids is 2. The van der Waals surface area contributed by atoms with Crippen LogP contribution in [-0.4, -0.2) is 39.4 Å². The molecule has 2 amide bonds. The minimum atomic E-state index is -0.686. The van der Waals surface area contributed by atoms with Crippen LogP contribution in [0.15, 0.2) is 71.7 Å². The first-order chi connectivity index (χ1) is 20.9. The molecule has 1 aliphatic rings. The number of piperidine rings is 1. The Morgan fingerprint density at radius 3 is 2.34 bits per heavy atom. The number of amides is 2. The molecule has 9 nitrogen and oxygen atoms in total. The van der Waals surface area contributed by atoms with Gasteiger partial charge in [0.2, 0.25) is 0 Å². The molecule has 0 bridgehead atoms. The van der Waals surface area contributed by atoms with Crippen LogP contribution in [-0.2, 0) is 12.5 Å². The van der Waals surface area contributed by atoms with Crippen LogP contribution in [0.3, 0.4) is 0 Å². The summed E-state index contributed by atoms with van der Waals surface area (Å²) in [5.74, 6) is -1.30. The predicted octanol–water partition coefficient (Wildman–Crippen LogP) is 6.09.